The standard InChI is InChI=1S/C24H32FN3O2/c1-18-8-9-22(29-3)20(16-18)24(11-14-30-15-12-24)17-28-23(26-2)27-13-10-19-6-4-5-7-21(19)25/h4-9,16H,10-15,17H2,1-3H3,(H2,26,27,28). The Morgan fingerprint density at radius 1 is 1.17 bits per heavy atom. The molecule has 0 saturated carbocycles. The summed E-state index contributed by atoms with van der Waals surface area (Å²) in [6.07, 6.45) is 2.41. The van der Waals surface area contributed by atoms with Gasteiger partial charge in [-0.2, -0.15) is 0 Å². The monoisotopic (exact) mass is 413 g/mol. The van der Waals surface area contributed by atoms with Gasteiger partial charge in [-0.1, -0.05) is 35.9 Å². The number of halogens is 1. The van der Waals surface area contributed by atoms with E-state index in [-0.39, 0.29) is 11.2 Å². The first-order valence-electron chi connectivity index (χ1n) is 10.5. The second-order valence-corrected chi connectivity index (χ2v) is 7.79. The third kappa shape index (κ3) is 5.30. The molecule has 5 nitrogen and oxygen atoms in total. The lowest BCUT2D eigenvalue weighted by Crippen LogP contribution is -2.48. The van der Waals surface area contributed by atoms with E-state index in [2.05, 4.69) is 34.7 Å². The average molecular weight is 414 g/mol. The highest BCUT2D eigenvalue weighted by Gasteiger charge is 2.37. The molecule has 0 atom stereocenters. The van der Waals surface area contributed by atoms with Crippen molar-refractivity contribution in [3.63, 3.8) is 0 Å². The van der Waals surface area contributed by atoms with Gasteiger partial charge in [-0.25, -0.2) is 4.39 Å². The Balaban J connectivity index is 1.68. The van der Waals surface area contributed by atoms with Gasteiger partial charge in [-0.3, -0.25) is 4.99 Å². The molecule has 0 radical (unpaired) electrons. The fourth-order valence-corrected chi connectivity index (χ4v) is 4.03. The molecule has 3 rings (SSSR count). The smallest absolute Gasteiger partial charge is 0.191 e. The minimum Gasteiger partial charge on any atom is -0.496 e. The highest BCUT2D eigenvalue weighted by molar-refractivity contribution is 5.79. The molecule has 1 saturated heterocycles. The van der Waals surface area contributed by atoms with Crippen LogP contribution in [0.15, 0.2) is 47.5 Å². The third-order valence-electron chi connectivity index (χ3n) is 5.84. The fraction of sp³-hybridized carbons (Fsp3) is 0.458. The van der Waals surface area contributed by atoms with Crippen molar-refractivity contribution < 1.29 is 13.9 Å². The van der Waals surface area contributed by atoms with Crippen molar-refractivity contribution in [2.45, 2.75) is 31.6 Å². The van der Waals surface area contributed by atoms with Gasteiger partial charge < -0.3 is 20.1 Å². The van der Waals surface area contributed by atoms with Crippen LogP contribution in [0.2, 0.25) is 0 Å². The Labute approximate surface area is 178 Å². The molecule has 0 bridgehead atoms. The van der Waals surface area contributed by atoms with Crippen LogP contribution in [0, 0.1) is 12.7 Å². The maximum Gasteiger partial charge on any atom is 0.191 e. The first kappa shape index (κ1) is 22.1. The first-order valence-corrected chi connectivity index (χ1v) is 10.5. The number of aryl methyl sites for hydroxylation is 1. The molecule has 1 heterocycles. The number of hydrogen-bond donors (Lipinski definition) is 2. The molecule has 0 amide bonds. The van der Waals surface area contributed by atoms with E-state index < -0.39 is 0 Å². The van der Waals surface area contributed by atoms with Gasteiger partial charge in [0.2, 0.25) is 0 Å². The summed E-state index contributed by atoms with van der Waals surface area (Å²) >= 11 is 0. The SMILES string of the molecule is CN=C(NCCc1ccccc1F)NCC1(c2cc(C)ccc2OC)CCOCC1. The van der Waals surface area contributed by atoms with Crippen LogP contribution in [0.3, 0.4) is 0 Å². The molecule has 1 aliphatic rings. The Kier molecular flexibility index (Phi) is 7.69. The lowest BCUT2D eigenvalue weighted by atomic mass is 9.73. The summed E-state index contributed by atoms with van der Waals surface area (Å²) in [5.74, 6) is 1.45. The lowest BCUT2D eigenvalue weighted by molar-refractivity contribution is 0.0505. The molecule has 0 aliphatic carbocycles. The van der Waals surface area contributed by atoms with E-state index >= 15 is 0 Å². The van der Waals surface area contributed by atoms with Crippen LogP contribution in [0.4, 0.5) is 4.39 Å². The Morgan fingerprint density at radius 3 is 2.63 bits per heavy atom. The first-order chi connectivity index (χ1) is 14.6. The molecule has 0 unspecified atom stereocenters. The van der Waals surface area contributed by atoms with Crippen LogP contribution in [-0.4, -0.2) is 46.4 Å². The van der Waals surface area contributed by atoms with Crippen molar-refractivity contribution in [3.8, 4) is 5.75 Å². The Morgan fingerprint density at radius 2 is 1.93 bits per heavy atom. The summed E-state index contributed by atoms with van der Waals surface area (Å²) in [6.45, 7) is 4.86. The lowest BCUT2D eigenvalue weighted by Gasteiger charge is -2.39. The molecule has 0 aromatic heterocycles. The van der Waals surface area contributed by atoms with Gasteiger partial charge in [0.25, 0.3) is 0 Å². The van der Waals surface area contributed by atoms with Crippen LogP contribution in [-0.2, 0) is 16.6 Å². The molecule has 6 heteroatoms. The number of methoxy groups -OCH3 is 1. The van der Waals surface area contributed by atoms with E-state index in [0.29, 0.717) is 24.5 Å². The topological polar surface area (TPSA) is 54.9 Å². The molecule has 162 valence electrons. The largest absolute Gasteiger partial charge is 0.496 e. The molecular weight excluding hydrogens is 381 g/mol. The predicted octanol–water partition coefficient (Wildman–Crippen LogP) is 3.60. The fourth-order valence-electron chi connectivity index (χ4n) is 4.03. The molecular formula is C24H32FN3O2. The van der Waals surface area contributed by atoms with Crippen molar-refractivity contribution in [1.82, 2.24) is 10.6 Å². The van der Waals surface area contributed by atoms with Gasteiger partial charge >= 0.3 is 0 Å². The van der Waals surface area contributed by atoms with Gasteiger partial charge in [-0.15, -0.1) is 0 Å². The van der Waals surface area contributed by atoms with E-state index in [0.717, 1.165) is 38.3 Å². The summed E-state index contributed by atoms with van der Waals surface area (Å²) in [5, 5.41) is 6.79. The quantitative estimate of drug-likeness (QED) is 0.538. The van der Waals surface area contributed by atoms with Gasteiger partial charge in [-0.05, 0) is 43.9 Å². The van der Waals surface area contributed by atoms with Crippen LogP contribution < -0.4 is 15.4 Å². The number of nitrogens with zero attached hydrogens (tertiary/aromatic N) is 1. The summed E-state index contributed by atoms with van der Waals surface area (Å²) < 4.78 is 25.2. The van der Waals surface area contributed by atoms with Crippen LogP contribution in [0.25, 0.3) is 0 Å². The Bertz CT molecular complexity index is 863. The number of ether oxygens (including phenoxy) is 2. The number of benzene rings is 2. The summed E-state index contributed by atoms with van der Waals surface area (Å²) in [4.78, 5) is 4.35. The van der Waals surface area contributed by atoms with Gasteiger partial charge in [0.15, 0.2) is 5.96 Å². The number of rotatable bonds is 7. The molecule has 2 N–H and O–H groups in total. The van der Waals surface area contributed by atoms with E-state index in [1.165, 1.54) is 17.2 Å². The van der Waals surface area contributed by atoms with E-state index in [4.69, 9.17) is 9.47 Å². The maximum atomic E-state index is 13.8. The van der Waals surface area contributed by atoms with Crippen LogP contribution in [0.5, 0.6) is 5.75 Å². The normalized spacial score (nSPS) is 16.2. The number of hydrogen-bond acceptors (Lipinski definition) is 3. The van der Waals surface area contributed by atoms with Gasteiger partial charge in [0.05, 0.1) is 7.11 Å². The number of guanidine groups is 1. The van der Waals surface area contributed by atoms with Gasteiger partial charge in [0, 0.05) is 44.3 Å². The predicted molar refractivity (Wildman–Crippen MR) is 119 cm³/mol. The van der Waals surface area contributed by atoms with Gasteiger partial charge in [0.1, 0.15) is 11.6 Å². The molecule has 2 aromatic carbocycles. The Hall–Kier alpha value is -2.60. The summed E-state index contributed by atoms with van der Waals surface area (Å²) in [7, 11) is 3.47. The van der Waals surface area contributed by atoms with Crippen LogP contribution in [0.1, 0.15) is 29.5 Å². The molecule has 0 spiro atoms. The van der Waals surface area contributed by atoms with E-state index in [1.807, 2.05) is 18.2 Å². The third-order valence-corrected chi connectivity index (χ3v) is 5.84. The highest BCUT2D eigenvalue weighted by Crippen LogP contribution is 2.40. The van der Waals surface area contributed by atoms with Crippen molar-refractivity contribution in [2.75, 3.05) is 40.5 Å². The molecule has 2 aromatic rings. The zero-order valence-corrected chi connectivity index (χ0v) is 18.1. The number of nitrogens with one attached hydrogen (secondary N) is 2. The minimum absolute atomic E-state index is 0.0984. The second-order valence-electron chi connectivity index (χ2n) is 7.79. The summed E-state index contributed by atoms with van der Waals surface area (Å²) in [5.41, 5.74) is 3.02. The van der Waals surface area contributed by atoms with Crippen LogP contribution >= 0.6 is 0 Å². The number of aliphatic imine (C=N–C) groups is 1. The van der Waals surface area contributed by atoms with E-state index in [9.17, 15) is 4.39 Å². The van der Waals surface area contributed by atoms with Crippen molar-refractivity contribution in [2.24, 2.45) is 4.99 Å². The average Bonchev–Trinajstić information content (AvgIpc) is 2.78. The highest BCUT2D eigenvalue weighted by atomic mass is 19.1. The summed E-state index contributed by atoms with van der Waals surface area (Å²) in [6, 6.07) is 13.2. The molecule has 1 aliphatic heterocycles. The second kappa shape index (κ2) is 10.4. The van der Waals surface area contributed by atoms with Crippen molar-refractivity contribution in [3.05, 3.63) is 65.0 Å². The zero-order chi connectivity index (χ0) is 21.4. The van der Waals surface area contributed by atoms with Crippen molar-refractivity contribution in [1.29, 1.82) is 0 Å². The zero-order valence-electron chi connectivity index (χ0n) is 18.1. The molecule has 30 heavy (non-hydrogen) atoms. The van der Waals surface area contributed by atoms with Crippen molar-refractivity contribution >= 4 is 5.96 Å². The maximum absolute atomic E-state index is 13.8. The van der Waals surface area contributed by atoms with E-state index in [1.54, 1.807) is 20.2 Å². The molecule has 1 fully saturated rings. The minimum atomic E-state index is -0.171.